The van der Waals surface area contributed by atoms with Crippen molar-refractivity contribution < 1.29 is 19.4 Å². The number of ether oxygens (including phenoxy) is 1. The predicted molar refractivity (Wildman–Crippen MR) is 111 cm³/mol. The van der Waals surface area contributed by atoms with E-state index in [4.69, 9.17) is 16.3 Å². The molecule has 0 unspecified atom stereocenters. The van der Waals surface area contributed by atoms with E-state index in [9.17, 15) is 14.7 Å². The number of amidine groups is 1. The zero-order valence-electron chi connectivity index (χ0n) is 15.2. The Morgan fingerprint density at radius 1 is 1.29 bits per heavy atom. The van der Waals surface area contributed by atoms with Gasteiger partial charge in [0.15, 0.2) is 16.7 Å². The second-order valence-corrected chi connectivity index (χ2v) is 7.20. The summed E-state index contributed by atoms with van der Waals surface area (Å²) in [6.07, 6.45) is 1.73. The number of phenols is 1. The molecule has 6 nitrogen and oxygen atoms in total. The highest BCUT2D eigenvalue weighted by Crippen LogP contribution is 2.35. The summed E-state index contributed by atoms with van der Waals surface area (Å²) in [7, 11) is 1.65. The molecule has 1 heterocycles. The molecule has 2 aromatic rings. The molecule has 1 fully saturated rings. The zero-order valence-corrected chi connectivity index (χ0v) is 16.8. The van der Waals surface area contributed by atoms with Crippen LogP contribution in [0, 0.1) is 0 Å². The first-order chi connectivity index (χ1) is 13.4. The van der Waals surface area contributed by atoms with E-state index in [-0.39, 0.29) is 11.7 Å². The van der Waals surface area contributed by atoms with Gasteiger partial charge in [0.2, 0.25) is 0 Å². The molecular formula is C20H17ClN2O4S. The Hall–Kier alpha value is -2.77. The second kappa shape index (κ2) is 8.50. The van der Waals surface area contributed by atoms with Crippen LogP contribution in [0.1, 0.15) is 22.8 Å². The van der Waals surface area contributed by atoms with Crippen LogP contribution in [0.4, 0.5) is 5.69 Å². The summed E-state index contributed by atoms with van der Waals surface area (Å²) in [5.41, 5.74) is 1.72. The van der Waals surface area contributed by atoms with Crippen molar-refractivity contribution >= 4 is 51.4 Å². The monoisotopic (exact) mass is 416 g/mol. The van der Waals surface area contributed by atoms with Gasteiger partial charge in [-0.25, -0.2) is 4.99 Å². The van der Waals surface area contributed by atoms with E-state index < -0.39 is 5.24 Å². The Morgan fingerprint density at radius 3 is 2.64 bits per heavy atom. The first-order valence-corrected chi connectivity index (χ1v) is 9.60. The Morgan fingerprint density at radius 2 is 2.00 bits per heavy atom. The normalized spacial score (nSPS) is 16.8. The van der Waals surface area contributed by atoms with Crippen molar-refractivity contribution in [3.63, 3.8) is 0 Å². The minimum Gasteiger partial charge on any atom is -0.504 e. The first-order valence-electron chi connectivity index (χ1n) is 8.41. The summed E-state index contributed by atoms with van der Waals surface area (Å²) in [4.78, 5) is 30.1. The average Bonchev–Trinajstić information content (AvgIpc) is 2.93. The Bertz CT molecular complexity index is 986. The van der Waals surface area contributed by atoms with Gasteiger partial charge in [-0.3, -0.25) is 14.5 Å². The van der Waals surface area contributed by atoms with Crippen LogP contribution in [-0.4, -0.2) is 40.0 Å². The molecule has 0 radical (unpaired) electrons. The van der Waals surface area contributed by atoms with Crippen molar-refractivity contribution in [2.75, 3.05) is 13.7 Å². The fourth-order valence-corrected chi connectivity index (χ4v) is 3.58. The molecule has 3 rings (SSSR count). The minimum absolute atomic E-state index is 0.0487. The molecule has 1 saturated heterocycles. The summed E-state index contributed by atoms with van der Waals surface area (Å²) in [5.74, 6) is 0.235. The van der Waals surface area contributed by atoms with E-state index in [1.807, 2.05) is 6.92 Å². The van der Waals surface area contributed by atoms with Crippen molar-refractivity contribution in [2.24, 2.45) is 4.99 Å². The molecule has 2 aromatic carbocycles. The number of hydrogen-bond acceptors (Lipinski definition) is 6. The highest BCUT2D eigenvalue weighted by molar-refractivity contribution is 8.18. The van der Waals surface area contributed by atoms with Gasteiger partial charge in [0, 0.05) is 12.6 Å². The third kappa shape index (κ3) is 4.37. The lowest BCUT2D eigenvalue weighted by atomic mass is 10.2. The summed E-state index contributed by atoms with van der Waals surface area (Å²) >= 11 is 6.68. The van der Waals surface area contributed by atoms with Crippen molar-refractivity contribution in [2.45, 2.75) is 6.92 Å². The van der Waals surface area contributed by atoms with E-state index in [1.54, 1.807) is 49.5 Å². The number of likely N-dealkylation sites (N-methyl/N-ethyl adjacent to an activating group) is 1. The van der Waals surface area contributed by atoms with E-state index >= 15 is 0 Å². The number of phenolic OH excluding ortho intramolecular Hbond substituents is 1. The van der Waals surface area contributed by atoms with Crippen LogP contribution in [0.15, 0.2) is 52.4 Å². The lowest BCUT2D eigenvalue weighted by Crippen LogP contribution is -2.23. The smallest absolute Gasteiger partial charge is 0.266 e. The topological polar surface area (TPSA) is 79.2 Å². The third-order valence-corrected chi connectivity index (χ3v) is 5.18. The molecule has 1 N–H and O–H groups in total. The summed E-state index contributed by atoms with van der Waals surface area (Å²) < 4.78 is 5.38. The van der Waals surface area contributed by atoms with Crippen LogP contribution in [0.2, 0.25) is 0 Å². The maximum atomic E-state index is 12.5. The molecule has 28 heavy (non-hydrogen) atoms. The molecule has 0 saturated carbocycles. The van der Waals surface area contributed by atoms with Gasteiger partial charge < -0.3 is 9.84 Å². The van der Waals surface area contributed by atoms with Crippen molar-refractivity contribution in [3.8, 4) is 11.5 Å². The van der Waals surface area contributed by atoms with Gasteiger partial charge in [-0.2, -0.15) is 0 Å². The highest BCUT2D eigenvalue weighted by atomic mass is 35.5. The van der Waals surface area contributed by atoms with Crippen LogP contribution in [0.5, 0.6) is 11.5 Å². The summed E-state index contributed by atoms with van der Waals surface area (Å²) in [5, 5.41) is 9.79. The van der Waals surface area contributed by atoms with E-state index in [0.717, 1.165) is 5.56 Å². The highest BCUT2D eigenvalue weighted by Gasteiger charge is 2.30. The second-order valence-electron chi connectivity index (χ2n) is 5.85. The van der Waals surface area contributed by atoms with Crippen LogP contribution >= 0.6 is 23.4 Å². The lowest BCUT2D eigenvalue weighted by molar-refractivity contribution is -0.121. The average molecular weight is 417 g/mol. The summed E-state index contributed by atoms with van der Waals surface area (Å²) in [6, 6.07) is 11.4. The van der Waals surface area contributed by atoms with E-state index in [1.165, 1.54) is 22.7 Å². The largest absolute Gasteiger partial charge is 0.504 e. The fraction of sp³-hybridized carbons (Fsp3) is 0.150. The Balaban J connectivity index is 1.85. The Labute approximate surface area is 171 Å². The van der Waals surface area contributed by atoms with Gasteiger partial charge in [0.1, 0.15) is 0 Å². The van der Waals surface area contributed by atoms with Gasteiger partial charge >= 0.3 is 0 Å². The maximum Gasteiger partial charge on any atom is 0.266 e. The van der Waals surface area contributed by atoms with Crippen LogP contribution in [0.25, 0.3) is 6.08 Å². The molecule has 8 heteroatoms. The van der Waals surface area contributed by atoms with Crippen LogP contribution in [-0.2, 0) is 4.79 Å². The van der Waals surface area contributed by atoms with E-state index in [2.05, 4.69) is 4.99 Å². The van der Waals surface area contributed by atoms with Gasteiger partial charge in [-0.15, -0.1) is 0 Å². The van der Waals surface area contributed by atoms with Gasteiger partial charge in [0.05, 0.1) is 17.2 Å². The van der Waals surface area contributed by atoms with Crippen molar-refractivity contribution in [1.82, 2.24) is 4.90 Å². The summed E-state index contributed by atoms with van der Waals surface area (Å²) in [6.45, 7) is 2.25. The lowest BCUT2D eigenvalue weighted by Gasteiger charge is -2.07. The molecular weight excluding hydrogens is 400 g/mol. The van der Waals surface area contributed by atoms with Crippen molar-refractivity contribution in [1.29, 1.82) is 0 Å². The molecule has 1 aliphatic rings. The van der Waals surface area contributed by atoms with E-state index in [0.29, 0.717) is 33.7 Å². The molecule has 0 aliphatic carbocycles. The number of rotatable bonds is 5. The molecule has 0 atom stereocenters. The number of aliphatic imine (C=N–C) groups is 1. The Kier molecular flexibility index (Phi) is 6.06. The number of halogens is 1. The number of carbonyl (C=O) groups is 2. The number of benzene rings is 2. The minimum atomic E-state index is -0.535. The molecule has 1 aliphatic heterocycles. The SMILES string of the molecule is CCOc1cc(C=C2SC(=Nc3ccc(C(=O)Cl)cc3)N(C)C2=O)ccc1O. The molecule has 0 spiro atoms. The number of nitrogens with zero attached hydrogens (tertiary/aromatic N) is 2. The quantitative estimate of drug-likeness (QED) is 0.577. The molecule has 0 aromatic heterocycles. The number of hydrogen-bond donors (Lipinski definition) is 1. The molecule has 0 bridgehead atoms. The molecule has 1 amide bonds. The third-order valence-electron chi connectivity index (χ3n) is 3.90. The van der Waals surface area contributed by atoms with Gasteiger partial charge in [-0.05, 0) is 78.3 Å². The predicted octanol–water partition coefficient (Wildman–Crippen LogP) is 4.40. The fourth-order valence-electron chi connectivity index (χ4n) is 2.47. The standard InChI is InChI=1S/C20H17ClN2O4S/c1-3-27-16-10-12(4-9-15(16)24)11-17-19(26)23(2)20(28-17)22-14-7-5-13(6-8-14)18(21)25/h4-11,24H,3H2,1-2H3. The number of thioether (sulfide) groups is 1. The maximum absolute atomic E-state index is 12.5. The van der Waals surface area contributed by atoms with Gasteiger partial charge in [0.25, 0.3) is 11.1 Å². The number of carbonyl (C=O) groups excluding carboxylic acids is 2. The number of aromatic hydroxyl groups is 1. The number of amides is 1. The first kappa shape index (κ1) is 20.0. The van der Waals surface area contributed by atoms with Crippen LogP contribution < -0.4 is 4.74 Å². The van der Waals surface area contributed by atoms with Crippen molar-refractivity contribution in [3.05, 3.63) is 58.5 Å². The zero-order chi connectivity index (χ0) is 20.3. The van der Waals surface area contributed by atoms with Gasteiger partial charge in [-0.1, -0.05) is 6.07 Å². The molecule has 144 valence electrons. The van der Waals surface area contributed by atoms with Crippen LogP contribution in [0.3, 0.4) is 0 Å².